The van der Waals surface area contributed by atoms with Crippen molar-refractivity contribution in [3.8, 4) is 5.69 Å². The number of nitrogens with one attached hydrogen (secondary N) is 1. The molecule has 0 unspecified atom stereocenters. The molecule has 0 spiro atoms. The molecule has 1 aliphatic rings. The third-order valence-electron chi connectivity index (χ3n) is 4.83. The number of halogens is 1. The molecule has 0 aliphatic carbocycles. The first-order valence-electron chi connectivity index (χ1n) is 9.19. The van der Waals surface area contributed by atoms with Gasteiger partial charge in [0.1, 0.15) is 0 Å². The van der Waals surface area contributed by atoms with E-state index in [0.717, 1.165) is 27.1 Å². The summed E-state index contributed by atoms with van der Waals surface area (Å²) in [6.07, 6.45) is 2.36. The van der Waals surface area contributed by atoms with Gasteiger partial charge in [-0.1, -0.05) is 40.2 Å². The molecule has 1 aliphatic heterocycles. The van der Waals surface area contributed by atoms with E-state index in [0.29, 0.717) is 13.1 Å². The molecule has 1 aromatic heterocycles. The van der Waals surface area contributed by atoms with E-state index in [1.165, 1.54) is 0 Å². The maximum atomic E-state index is 12.8. The molecule has 4 rings (SSSR count). The number of rotatable bonds is 5. The molecule has 0 radical (unpaired) electrons. The first-order chi connectivity index (χ1) is 13.6. The van der Waals surface area contributed by atoms with Gasteiger partial charge in [0.2, 0.25) is 11.8 Å². The minimum atomic E-state index is -0.123. The van der Waals surface area contributed by atoms with E-state index < -0.39 is 0 Å². The number of amides is 2. The van der Waals surface area contributed by atoms with Crippen LogP contribution in [0.4, 0.5) is 5.69 Å². The number of nitrogens with zero attached hydrogens (tertiary/aromatic N) is 2. The Bertz CT molecular complexity index is 1030. The summed E-state index contributed by atoms with van der Waals surface area (Å²) in [4.78, 5) is 26.8. The van der Waals surface area contributed by atoms with Crippen LogP contribution in [0.1, 0.15) is 24.1 Å². The summed E-state index contributed by atoms with van der Waals surface area (Å²) in [5.41, 5.74) is 3.94. The van der Waals surface area contributed by atoms with Crippen LogP contribution in [0.15, 0.2) is 71.3 Å². The second-order valence-corrected chi connectivity index (χ2v) is 7.66. The van der Waals surface area contributed by atoms with Crippen LogP contribution in [0, 0.1) is 0 Å². The van der Waals surface area contributed by atoms with Crippen LogP contribution in [0.5, 0.6) is 0 Å². The van der Waals surface area contributed by atoms with Gasteiger partial charge in [0, 0.05) is 35.7 Å². The van der Waals surface area contributed by atoms with Gasteiger partial charge in [-0.3, -0.25) is 9.59 Å². The highest BCUT2D eigenvalue weighted by molar-refractivity contribution is 9.10. The van der Waals surface area contributed by atoms with Gasteiger partial charge in [-0.15, -0.1) is 0 Å². The zero-order chi connectivity index (χ0) is 19.5. The molecule has 1 N–H and O–H groups in total. The number of aromatic nitrogens is 1. The molecule has 2 amide bonds. The Balaban J connectivity index is 1.37. The van der Waals surface area contributed by atoms with Gasteiger partial charge in [0.25, 0.3) is 0 Å². The molecule has 5 nitrogen and oxygen atoms in total. The summed E-state index contributed by atoms with van der Waals surface area (Å²) < 4.78 is 3.08. The van der Waals surface area contributed by atoms with Crippen LogP contribution in [0.25, 0.3) is 5.69 Å². The van der Waals surface area contributed by atoms with Crippen molar-refractivity contribution in [2.45, 2.75) is 25.9 Å². The quantitative estimate of drug-likeness (QED) is 0.650. The second-order valence-electron chi connectivity index (χ2n) is 6.74. The van der Waals surface area contributed by atoms with Crippen molar-refractivity contribution >= 4 is 33.4 Å². The Kier molecular flexibility index (Phi) is 5.30. The summed E-state index contributed by atoms with van der Waals surface area (Å²) in [6.45, 7) is 0.967. The molecule has 0 bridgehead atoms. The van der Waals surface area contributed by atoms with Gasteiger partial charge in [-0.05, 0) is 42.0 Å². The highest BCUT2D eigenvalue weighted by atomic mass is 79.9. The summed E-state index contributed by atoms with van der Waals surface area (Å²) in [7, 11) is 0. The highest BCUT2D eigenvalue weighted by Gasteiger charge is 2.25. The third-order valence-corrected chi connectivity index (χ3v) is 5.32. The number of hydrogen-bond donors (Lipinski definition) is 1. The van der Waals surface area contributed by atoms with Crippen molar-refractivity contribution in [2.24, 2.45) is 0 Å². The van der Waals surface area contributed by atoms with Crippen molar-refractivity contribution in [3.05, 3.63) is 82.6 Å². The Hall–Kier alpha value is -2.86. The molecule has 0 saturated heterocycles. The molecular weight excluding hydrogens is 418 g/mol. The fourth-order valence-corrected chi connectivity index (χ4v) is 3.88. The minimum absolute atomic E-state index is 0.0440. The zero-order valence-corrected chi connectivity index (χ0v) is 16.9. The number of fused-ring (bicyclic) bond motifs is 3. The lowest BCUT2D eigenvalue weighted by Gasteiger charge is -2.31. The van der Waals surface area contributed by atoms with Gasteiger partial charge in [-0.2, -0.15) is 0 Å². The van der Waals surface area contributed by atoms with E-state index in [1.807, 2.05) is 66.9 Å². The molecule has 0 atom stereocenters. The topological polar surface area (TPSA) is 54.3 Å². The smallest absolute Gasteiger partial charge is 0.227 e. The van der Waals surface area contributed by atoms with Crippen LogP contribution in [-0.4, -0.2) is 16.4 Å². The van der Waals surface area contributed by atoms with Crippen molar-refractivity contribution < 1.29 is 9.59 Å². The van der Waals surface area contributed by atoms with Gasteiger partial charge in [0.05, 0.1) is 17.9 Å². The lowest BCUT2D eigenvalue weighted by atomic mass is 10.1. The van der Waals surface area contributed by atoms with Crippen molar-refractivity contribution in [2.75, 3.05) is 4.90 Å². The largest absolute Gasteiger partial charge is 0.352 e. The number of anilines is 1. The van der Waals surface area contributed by atoms with Gasteiger partial charge in [0.15, 0.2) is 0 Å². The predicted octanol–water partition coefficient (Wildman–Crippen LogP) is 4.18. The fourth-order valence-electron chi connectivity index (χ4n) is 3.44. The molecule has 6 heteroatoms. The van der Waals surface area contributed by atoms with E-state index in [9.17, 15) is 9.59 Å². The molecular formula is C22H20BrN3O2. The third kappa shape index (κ3) is 3.87. The first-order valence-corrected chi connectivity index (χ1v) is 9.98. The second kappa shape index (κ2) is 8.02. The van der Waals surface area contributed by atoms with Gasteiger partial charge >= 0.3 is 0 Å². The van der Waals surface area contributed by atoms with E-state index in [1.54, 1.807) is 4.90 Å². The molecule has 0 fully saturated rings. The van der Waals surface area contributed by atoms with Crippen LogP contribution in [-0.2, 0) is 22.7 Å². The summed E-state index contributed by atoms with van der Waals surface area (Å²) in [5.74, 6) is -0.167. The lowest BCUT2D eigenvalue weighted by Crippen LogP contribution is -2.35. The summed E-state index contributed by atoms with van der Waals surface area (Å²) in [6, 6.07) is 19.6. The monoisotopic (exact) mass is 437 g/mol. The van der Waals surface area contributed by atoms with E-state index in [2.05, 4.69) is 25.8 Å². The average Bonchev–Trinajstić information content (AvgIpc) is 3.19. The molecule has 0 saturated carbocycles. The van der Waals surface area contributed by atoms with Gasteiger partial charge < -0.3 is 14.8 Å². The normalized spacial score (nSPS) is 12.2. The zero-order valence-electron chi connectivity index (χ0n) is 15.3. The van der Waals surface area contributed by atoms with E-state index in [4.69, 9.17) is 0 Å². The maximum Gasteiger partial charge on any atom is 0.227 e. The number of carbonyl (C=O) groups is 2. The highest BCUT2D eigenvalue weighted by Crippen LogP contribution is 2.32. The standard InChI is InChI=1S/C22H20BrN3O2/c23-17-6-3-5-16(13-17)14-24-21(27)10-11-22(28)26-15-18-7-4-12-25(18)19-8-1-2-9-20(19)26/h1-9,12-13H,10-11,14-15H2,(H,24,27). The maximum absolute atomic E-state index is 12.8. The Morgan fingerprint density at radius 3 is 2.61 bits per heavy atom. The number of para-hydroxylation sites is 2. The van der Waals surface area contributed by atoms with Crippen LogP contribution >= 0.6 is 15.9 Å². The van der Waals surface area contributed by atoms with Crippen LogP contribution in [0.3, 0.4) is 0 Å². The summed E-state index contributed by atoms with van der Waals surface area (Å²) >= 11 is 3.42. The Morgan fingerprint density at radius 1 is 0.964 bits per heavy atom. The fraction of sp³-hybridized carbons (Fsp3) is 0.182. The Labute approximate surface area is 172 Å². The Morgan fingerprint density at radius 2 is 1.79 bits per heavy atom. The van der Waals surface area contributed by atoms with Gasteiger partial charge in [-0.25, -0.2) is 0 Å². The van der Waals surface area contributed by atoms with Crippen LogP contribution in [0.2, 0.25) is 0 Å². The molecule has 142 valence electrons. The SMILES string of the molecule is O=C(CCC(=O)N1Cc2cccn2-c2ccccc21)NCc1cccc(Br)c1. The van der Waals surface area contributed by atoms with Crippen molar-refractivity contribution in [1.29, 1.82) is 0 Å². The molecule has 3 aromatic rings. The van der Waals surface area contributed by atoms with Crippen molar-refractivity contribution in [1.82, 2.24) is 9.88 Å². The minimum Gasteiger partial charge on any atom is -0.352 e. The van der Waals surface area contributed by atoms with E-state index in [-0.39, 0.29) is 24.7 Å². The van der Waals surface area contributed by atoms with Crippen molar-refractivity contribution in [3.63, 3.8) is 0 Å². The molecule has 2 heterocycles. The number of carbonyl (C=O) groups excluding carboxylic acids is 2. The molecule has 2 aromatic carbocycles. The average molecular weight is 438 g/mol. The first kappa shape index (κ1) is 18.5. The number of hydrogen-bond acceptors (Lipinski definition) is 2. The molecule has 28 heavy (non-hydrogen) atoms. The van der Waals surface area contributed by atoms with Crippen LogP contribution < -0.4 is 10.2 Å². The predicted molar refractivity (Wildman–Crippen MR) is 112 cm³/mol. The van der Waals surface area contributed by atoms with E-state index >= 15 is 0 Å². The lowest BCUT2D eigenvalue weighted by molar-refractivity contribution is -0.125. The summed E-state index contributed by atoms with van der Waals surface area (Å²) in [5, 5.41) is 2.88. The number of benzene rings is 2.